The minimum Gasteiger partial charge on any atom is -0.394 e. The molecule has 0 N–H and O–H groups in total. The molecule has 0 aliphatic heterocycles. The first-order chi connectivity index (χ1) is 10.3. The van der Waals surface area contributed by atoms with Crippen molar-refractivity contribution in [3.8, 4) is 0 Å². The molecule has 21 heavy (non-hydrogen) atoms. The summed E-state index contributed by atoms with van der Waals surface area (Å²) in [6.07, 6.45) is 0.917. The summed E-state index contributed by atoms with van der Waals surface area (Å²) in [4.78, 5) is 0. The zero-order chi connectivity index (χ0) is 14.9. The Bertz CT molecular complexity index is 533. The van der Waals surface area contributed by atoms with Gasteiger partial charge in [0.25, 0.3) is 0 Å². The third-order valence-corrected chi connectivity index (χ3v) is 4.57. The number of hydrogen-bond donors (Lipinski definition) is 0. The van der Waals surface area contributed by atoms with Crippen LogP contribution < -0.4 is 0 Å². The van der Waals surface area contributed by atoms with E-state index in [-0.39, 0.29) is 5.38 Å². The van der Waals surface area contributed by atoms with E-state index >= 15 is 0 Å². The van der Waals surface area contributed by atoms with E-state index in [1.807, 2.05) is 30.3 Å². The maximum atomic E-state index is 6.34. The first-order valence-electron chi connectivity index (χ1n) is 7.22. The minimum absolute atomic E-state index is 0.0525. The van der Waals surface area contributed by atoms with Crippen LogP contribution in [0, 0.1) is 0 Å². The van der Waals surface area contributed by atoms with E-state index in [2.05, 4.69) is 31.2 Å². The van der Waals surface area contributed by atoms with Gasteiger partial charge in [-0.05, 0) is 23.1 Å². The monoisotopic (exact) mass is 320 g/mol. The Labute approximate surface area is 134 Å². The van der Waals surface area contributed by atoms with Gasteiger partial charge < -0.3 is 8.85 Å². The molecule has 1 unspecified atom stereocenters. The zero-order valence-electron chi connectivity index (χ0n) is 12.3. The van der Waals surface area contributed by atoms with Crippen LogP contribution in [0.5, 0.6) is 0 Å². The summed E-state index contributed by atoms with van der Waals surface area (Å²) >= 11 is 6.34. The predicted octanol–water partition coefficient (Wildman–Crippen LogP) is 4.11. The fraction of sp³-hybridized carbons (Fsp3) is 0.294. The Hall–Kier alpha value is -1.13. The normalized spacial score (nSPS) is 12.9. The van der Waals surface area contributed by atoms with Crippen molar-refractivity contribution < 1.29 is 8.85 Å². The molecule has 0 aliphatic carbocycles. The largest absolute Gasteiger partial charge is 0.394 e. The van der Waals surface area contributed by atoms with Crippen LogP contribution in [0.3, 0.4) is 0 Å². The molecule has 0 aromatic heterocycles. The van der Waals surface area contributed by atoms with E-state index in [0.29, 0.717) is 13.2 Å². The Morgan fingerprint density at radius 3 is 2.38 bits per heavy atom. The summed E-state index contributed by atoms with van der Waals surface area (Å²) in [7, 11) is -0.966. The highest BCUT2D eigenvalue weighted by Crippen LogP contribution is 2.27. The van der Waals surface area contributed by atoms with Gasteiger partial charge in [-0.1, -0.05) is 61.5 Å². The third-order valence-electron chi connectivity index (χ3n) is 3.29. The van der Waals surface area contributed by atoms with Gasteiger partial charge in [-0.15, -0.1) is 11.6 Å². The molecule has 2 aromatic rings. The van der Waals surface area contributed by atoms with Crippen molar-refractivity contribution in [3.63, 3.8) is 0 Å². The van der Waals surface area contributed by atoms with Crippen molar-refractivity contribution in [3.05, 3.63) is 71.3 Å². The summed E-state index contributed by atoms with van der Waals surface area (Å²) in [5.41, 5.74) is 3.51. The topological polar surface area (TPSA) is 18.5 Å². The van der Waals surface area contributed by atoms with Crippen molar-refractivity contribution in [2.75, 3.05) is 0 Å². The van der Waals surface area contributed by atoms with Crippen LogP contribution in [-0.4, -0.2) is 10.0 Å². The second-order valence-corrected chi connectivity index (χ2v) is 6.45. The molecule has 0 aliphatic rings. The Morgan fingerprint density at radius 1 is 0.952 bits per heavy atom. The van der Waals surface area contributed by atoms with E-state index in [9.17, 15) is 0 Å². The number of halogens is 1. The van der Waals surface area contributed by atoms with Crippen LogP contribution in [0.25, 0.3) is 0 Å². The van der Waals surface area contributed by atoms with Crippen molar-refractivity contribution >= 4 is 21.6 Å². The lowest BCUT2D eigenvalue weighted by molar-refractivity contribution is 0.207. The third kappa shape index (κ3) is 5.29. The average molecular weight is 321 g/mol. The first-order valence-corrected chi connectivity index (χ1v) is 8.81. The number of benzene rings is 2. The Morgan fingerprint density at radius 2 is 1.62 bits per heavy atom. The number of rotatable bonds is 8. The molecule has 2 rings (SSSR count). The summed E-state index contributed by atoms with van der Waals surface area (Å²) in [5, 5.41) is 0.0525. The van der Waals surface area contributed by atoms with Gasteiger partial charge in [0.15, 0.2) is 0 Å². The SMILES string of the molecule is CCC(Cl)c1ccccc1CO[SiH2]OCc1ccccc1. The molecule has 1 atom stereocenters. The zero-order valence-corrected chi connectivity index (χ0v) is 14.5. The lowest BCUT2D eigenvalue weighted by Gasteiger charge is -2.13. The number of hydrogen-bond acceptors (Lipinski definition) is 2. The maximum absolute atomic E-state index is 6.34. The molecule has 0 amide bonds. The molecular weight excluding hydrogens is 300 g/mol. The molecule has 4 heteroatoms. The highest BCUT2D eigenvalue weighted by atomic mass is 35.5. The predicted molar refractivity (Wildman–Crippen MR) is 89.9 cm³/mol. The van der Waals surface area contributed by atoms with Gasteiger partial charge >= 0.3 is 10.0 Å². The maximum Gasteiger partial charge on any atom is 0.305 e. The van der Waals surface area contributed by atoms with Gasteiger partial charge in [-0.2, -0.15) is 0 Å². The van der Waals surface area contributed by atoms with E-state index in [4.69, 9.17) is 20.5 Å². The van der Waals surface area contributed by atoms with E-state index in [0.717, 1.165) is 12.0 Å². The van der Waals surface area contributed by atoms with Crippen LogP contribution in [0.4, 0.5) is 0 Å². The van der Waals surface area contributed by atoms with Crippen molar-refractivity contribution in [2.45, 2.75) is 31.9 Å². The molecule has 0 radical (unpaired) electrons. The van der Waals surface area contributed by atoms with Crippen molar-refractivity contribution in [1.82, 2.24) is 0 Å². The number of alkyl halides is 1. The summed E-state index contributed by atoms with van der Waals surface area (Å²) < 4.78 is 11.4. The molecule has 0 fully saturated rings. The molecule has 0 saturated heterocycles. The van der Waals surface area contributed by atoms with E-state index < -0.39 is 10.0 Å². The molecule has 0 bridgehead atoms. The van der Waals surface area contributed by atoms with E-state index in [1.165, 1.54) is 11.1 Å². The second kappa shape index (κ2) is 9.00. The van der Waals surface area contributed by atoms with Crippen LogP contribution >= 0.6 is 11.6 Å². The highest BCUT2D eigenvalue weighted by molar-refractivity contribution is 6.21. The van der Waals surface area contributed by atoms with Crippen LogP contribution in [0.1, 0.15) is 35.4 Å². The van der Waals surface area contributed by atoms with Crippen LogP contribution in [0.15, 0.2) is 54.6 Å². The van der Waals surface area contributed by atoms with Crippen molar-refractivity contribution in [2.24, 2.45) is 0 Å². The van der Waals surface area contributed by atoms with Gasteiger partial charge in [0.05, 0.1) is 18.6 Å². The molecule has 0 heterocycles. The van der Waals surface area contributed by atoms with Gasteiger partial charge in [-0.25, -0.2) is 0 Å². The van der Waals surface area contributed by atoms with Crippen LogP contribution in [-0.2, 0) is 22.1 Å². The Kier molecular flexibility index (Phi) is 6.96. The molecule has 2 nitrogen and oxygen atoms in total. The molecule has 2 aromatic carbocycles. The quantitative estimate of drug-likeness (QED) is 0.414. The van der Waals surface area contributed by atoms with Gasteiger partial charge in [0.2, 0.25) is 0 Å². The van der Waals surface area contributed by atoms with E-state index in [1.54, 1.807) is 0 Å². The van der Waals surface area contributed by atoms with Gasteiger partial charge in [0.1, 0.15) is 0 Å². The average Bonchev–Trinajstić information content (AvgIpc) is 2.55. The smallest absolute Gasteiger partial charge is 0.305 e. The van der Waals surface area contributed by atoms with Crippen molar-refractivity contribution in [1.29, 1.82) is 0 Å². The Balaban J connectivity index is 1.76. The summed E-state index contributed by atoms with van der Waals surface area (Å²) in [5.74, 6) is 0. The van der Waals surface area contributed by atoms with Gasteiger partial charge in [-0.3, -0.25) is 0 Å². The standard InChI is InChI=1S/C17H21ClO2Si/c1-2-17(18)16-11-7-6-10-15(16)13-20-21-19-12-14-8-4-3-5-9-14/h3-11,17H,2,12-13,21H2,1H3. The first kappa shape index (κ1) is 16.2. The molecule has 112 valence electrons. The van der Waals surface area contributed by atoms with Gasteiger partial charge in [0, 0.05) is 0 Å². The highest BCUT2D eigenvalue weighted by Gasteiger charge is 2.09. The fourth-order valence-corrected chi connectivity index (χ4v) is 3.09. The summed E-state index contributed by atoms with van der Waals surface area (Å²) in [6, 6.07) is 18.3. The van der Waals surface area contributed by atoms with Crippen LogP contribution in [0.2, 0.25) is 0 Å². The molecule has 0 spiro atoms. The minimum atomic E-state index is -0.966. The molecule has 0 saturated carbocycles. The second-order valence-electron chi connectivity index (χ2n) is 4.87. The lowest BCUT2D eigenvalue weighted by atomic mass is 10.0. The summed E-state index contributed by atoms with van der Waals surface area (Å²) in [6.45, 7) is 3.30. The molecular formula is C17H21ClO2Si. The fourth-order valence-electron chi connectivity index (χ4n) is 2.14. The lowest BCUT2D eigenvalue weighted by Crippen LogP contribution is -2.06.